The average molecular weight is 510 g/mol. The van der Waals surface area contributed by atoms with Gasteiger partial charge in [0.05, 0.1) is 32.3 Å². The fourth-order valence-electron chi connectivity index (χ4n) is 8.26. The Bertz CT molecular complexity index is 1080. The first-order valence-electron chi connectivity index (χ1n) is 14.3. The summed E-state index contributed by atoms with van der Waals surface area (Å²) in [7, 11) is 3.58. The van der Waals surface area contributed by atoms with Crippen molar-refractivity contribution in [1.29, 1.82) is 0 Å². The first-order chi connectivity index (χ1) is 18.1. The largest absolute Gasteiger partial charge is 0.493 e. The smallest absolute Gasteiger partial charge is 0.165 e. The Hall–Kier alpha value is -2.02. The van der Waals surface area contributed by atoms with Gasteiger partial charge in [-0.05, 0) is 87.4 Å². The van der Waals surface area contributed by atoms with Gasteiger partial charge in [-0.3, -0.25) is 4.90 Å². The molecular formula is C31H43NO5. The number of furan rings is 1. The van der Waals surface area contributed by atoms with Crippen LogP contribution in [0.4, 0.5) is 0 Å². The van der Waals surface area contributed by atoms with Gasteiger partial charge in [-0.25, -0.2) is 0 Å². The molecule has 2 fully saturated rings. The molecule has 0 radical (unpaired) electrons. The van der Waals surface area contributed by atoms with E-state index in [1.54, 1.807) is 19.6 Å². The number of likely N-dealkylation sites (tertiary alicyclic amines) is 1. The molecule has 1 aromatic carbocycles. The highest BCUT2D eigenvalue weighted by Gasteiger charge is 2.70. The van der Waals surface area contributed by atoms with E-state index in [1.807, 2.05) is 13.2 Å². The summed E-state index contributed by atoms with van der Waals surface area (Å²) in [5, 5.41) is 0. The molecule has 6 rings (SSSR count). The van der Waals surface area contributed by atoms with Crippen molar-refractivity contribution in [1.82, 2.24) is 4.90 Å². The third-order valence-corrected chi connectivity index (χ3v) is 10.2. The molecule has 4 aliphatic rings. The molecular weight excluding hydrogens is 466 g/mol. The summed E-state index contributed by atoms with van der Waals surface area (Å²) in [5.74, 6) is 2.71. The molecule has 1 spiro atoms. The highest BCUT2D eigenvalue weighted by Crippen LogP contribution is 2.68. The molecule has 6 nitrogen and oxygen atoms in total. The summed E-state index contributed by atoms with van der Waals surface area (Å²) in [6.07, 6.45) is 11.7. The molecule has 2 bridgehead atoms. The zero-order valence-corrected chi connectivity index (χ0v) is 23.0. The Labute approximate surface area is 221 Å². The second-order valence-corrected chi connectivity index (χ2v) is 11.8. The van der Waals surface area contributed by atoms with Gasteiger partial charge in [-0.15, -0.1) is 0 Å². The van der Waals surface area contributed by atoms with E-state index < -0.39 is 0 Å². The number of piperidine rings is 1. The van der Waals surface area contributed by atoms with E-state index in [1.165, 1.54) is 30.5 Å². The summed E-state index contributed by atoms with van der Waals surface area (Å²) in [4.78, 5) is 2.86. The van der Waals surface area contributed by atoms with Crippen LogP contribution in [-0.4, -0.2) is 57.1 Å². The molecule has 0 amide bonds. The number of fused-ring (bicyclic) bond motifs is 1. The summed E-state index contributed by atoms with van der Waals surface area (Å²) < 4.78 is 30.1. The van der Waals surface area contributed by atoms with Crippen LogP contribution in [0.1, 0.15) is 69.1 Å². The van der Waals surface area contributed by atoms with Crippen LogP contribution in [0.2, 0.25) is 0 Å². The molecule has 0 N–H and O–H groups in total. The molecule has 2 aliphatic heterocycles. The van der Waals surface area contributed by atoms with Crippen LogP contribution in [0.25, 0.3) is 0 Å². The normalized spacial score (nSPS) is 31.1. The fraction of sp³-hybridized carbons (Fsp3) is 0.677. The van der Waals surface area contributed by atoms with E-state index in [0.29, 0.717) is 12.6 Å². The maximum Gasteiger partial charge on any atom is 0.165 e. The average Bonchev–Trinajstić information content (AvgIpc) is 3.44. The van der Waals surface area contributed by atoms with Gasteiger partial charge in [-0.1, -0.05) is 13.0 Å². The first-order valence-corrected chi connectivity index (χ1v) is 14.3. The van der Waals surface area contributed by atoms with Gasteiger partial charge in [0.1, 0.15) is 6.10 Å². The highest BCUT2D eigenvalue weighted by atomic mass is 16.6. The van der Waals surface area contributed by atoms with Crippen LogP contribution < -0.4 is 9.47 Å². The predicted octanol–water partition coefficient (Wildman–Crippen LogP) is 5.76. The Morgan fingerprint density at radius 2 is 2.05 bits per heavy atom. The van der Waals surface area contributed by atoms with Crippen molar-refractivity contribution in [3.63, 3.8) is 0 Å². The van der Waals surface area contributed by atoms with Gasteiger partial charge >= 0.3 is 0 Å². The molecule has 37 heavy (non-hydrogen) atoms. The van der Waals surface area contributed by atoms with Crippen molar-refractivity contribution in [2.24, 2.45) is 11.3 Å². The van der Waals surface area contributed by atoms with Crippen molar-refractivity contribution < 1.29 is 23.4 Å². The van der Waals surface area contributed by atoms with Crippen LogP contribution in [0.3, 0.4) is 0 Å². The van der Waals surface area contributed by atoms with E-state index in [2.05, 4.69) is 30.9 Å². The molecule has 3 heterocycles. The van der Waals surface area contributed by atoms with Crippen LogP contribution in [0.15, 0.2) is 35.1 Å². The summed E-state index contributed by atoms with van der Waals surface area (Å²) in [6.45, 7) is 8.33. The highest BCUT2D eigenvalue weighted by molar-refractivity contribution is 5.62. The Kier molecular flexibility index (Phi) is 6.79. The van der Waals surface area contributed by atoms with Gasteiger partial charge in [0.15, 0.2) is 11.5 Å². The Morgan fingerprint density at radius 3 is 2.76 bits per heavy atom. The van der Waals surface area contributed by atoms with E-state index in [-0.39, 0.29) is 23.0 Å². The third-order valence-electron chi connectivity index (χ3n) is 10.2. The quantitative estimate of drug-likeness (QED) is 0.339. The lowest BCUT2D eigenvalue weighted by atomic mass is 9.44. The maximum absolute atomic E-state index is 6.93. The zero-order valence-electron chi connectivity index (χ0n) is 23.0. The molecule has 5 atom stereocenters. The molecule has 202 valence electrons. The van der Waals surface area contributed by atoms with Gasteiger partial charge < -0.3 is 23.4 Å². The van der Waals surface area contributed by atoms with Crippen LogP contribution in [0, 0.1) is 11.3 Å². The number of hydrogen-bond donors (Lipinski definition) is 0. The van der Waals surface area contributed by atoms with Crippen LogP contribution in [-0.2, 0) is 27.9 Å². The standard InChI is InChI=1S/C31H43NO5/c1-5-30(12-6-15-35-19-23-11-16-36-20-23)26-17-24-9-10-25(34-4)28-27(24)31(30,29(37-28)21(2)33-3)13-14-32(26)18-22-7-8-22/h9-11,16,20-22,26,29H,5-8,12-15,17-19H2,1-4H3/t21?,26-,29+,30-,31+/m1/s1. The second-order valence-electron chi connectivity index (χ2n) is 11.8. The predicted molar refractivity (Wildman–Crippen MR) is 142 cm³/mol. The van der Waals surface area contributed by atoms with E-state index >= 15 is 0 Å². The first kappa shape index (κ1) is 25.3. The topological polar surface area (TPSA) is 53.3 Å². The Morgan fingerprint density at radius 1 is 1.19 bits per heavy atom. The van der Waals surface area contributed by atoms with Gasteiger partial charge in [0, 0.05) is 42.8 Å². The summed E-state index contributed by atoms with van der Waals surface area (Å²) in [6, 6.07) is 6.91. The molecule has 2 aromatic rings. The molecule has 1 unspecified atom stereocenters. The number of methoxy groups -OCH3 is 2. The zero-order chi connectivity index (χ0) is 25.6. The Balaban J connectivity index is 1.39. The molecule has 2 aliphatic carbocycles. The fourth-order valence-corrected chi connectivity index (χ4v) is 8.26. The molecule has 6 heteroatoms. The number of hydrogen-bond acceptors (Lipinski definition) is 6. The summed E-state index contributed by atoms with van der Waals surface area (Å²) >= 11 is 0. The minimum Gasteiger partial charge on any atom is -0.493 e. The van der Waals surface area contributed by atoms with Gasteiger partial charge in [-0.2, -0.15) is 0 Å². The SMILES string of the molecule is CC[C@@]1(CCCOCc2ccoc2)[C@H]2Cc3ccc(OC)c4c3[C@@]1(CCN2CC1CC1)[C@H](C(C)OC)O4. The number of rotatable bonds is 12. The van der Waals surface area contributed by atoms with Crippen molar-refractivity contribution >= 4 is 0 Å². The van der Waals surface area contributed by atoms with Crippen LogP contribution >= 0.6 is 0 Å². The molecule has 1 aromatic heterocycles. The minimum absolute atomic E-state index is 0.0121. The maximum atomic E-state index is 6.93. The number of ether oxygens (including phenoxy) is 4. The van der Waals surface area contributed by atoms with Crippen LogP contribution in [0.5, 0.6) is 11.5 Å². The van der Waals surface area contributed by atoms with Crippen molar-refractivity contribution in [3.8, 4) is 11.5 Å². The van der Waals surface area contributed by atoms with Gasteiger partial charge in [0.2, 0.25) is 0 Å². The second kappa shape index (κ2) is 9.94. The van der Waals surface area contributed by atoms with E-state index in [9.17, 15) is 0 Å². The molecule has 1 saturated carbocycles. The minimum atomic E-state index is -0.0933. The van der Waals surface area contributed by atoms with Crippen molar-refractivity contribution in [2.75, 3.05) is 33.9 Å². The summed E-state index contributed by atoms with van der Waals surface area (Å²) in [5.41, 5.74) is 3.96. The lowest BCUT2D eigenvalue weighted by Gasteiger charge is -2.64. The number of benzene rings is 1. The molecule has 1 saturated heterocycles. The lowest BCUT2D eigenvalue weighted by Crippen LogP contribution is -2.71. The monoisotopic (exact) mass is 509 g/mol. The van der Waals surface area contributed by atoms with Crippen molar-refractivity contribution in [3.05, 3.63) is 47.4 Å². The van der Waals surface area contributed by atoms with Crippen molar-refractivity contribution in [2.45, 2.75) is 89.1 Å². The van der Waals surface area contributed by atoms with E-state index in [4.69, 9.17) is 23.4 Å². The third kappa shape index (κ3) is 3.93. The lowest BCUT2D eigenvalue weighted by molar-refractivity contribution is -0.135. The number of nitrogens with zero attached hydrogens (tertiary/aromatic N) is 1. The van der Waals surface area contributed by atoms with E-state index in [0.717, 1.165) is 68.2 Å². The van der Waals surface area contributed by atoms with Gasteiger partial charge in [0.25, 0.3) is 0 Å².